The normalized spacial score (nSPS) is 14.3. The summed E-state index contributed by atoms with van der Waals surface area (Å²) in [5.74, 6) is 3.04. The first-order valence-electron chi connectivity index (χ1n) is 13.9. The second-order valence-corrected chi connectivity index (χ2v) is 10.9. The highest BCUT2D eigenvalue weighted by Crippen LogP contribution is 2.38. The summed E-state index contributed by atoms with van der Waals surface area (Å²) in [6.45, 7) is 6.34. The highest BCUT2D eigenvalue weighted by molar-refractivity contribution is 7.20. The molecule has 0 spiro atoms. The van der Waals surface area contributed by atoms with Crippen LogP contribution in [0.15, 0.2) is 120 Å². The molecule has 0 saturated carbocycles. The molecule has 1 aliphatic carbocycles. The third-order valence-electron chi connectivity index (χ3n) is 7.57. The van der Waals surface area contributed by atoms with Crippen LogP contribution >= 0.6 is 11.3 Å². The summed E-state index contributed by atoms with van der Waals surface area (Å²) >= 11 is 1.78. The van der Waals surface area contributed by atoms with Gasteiger partial charge in [0.15, 0.2) is 0 Å². The smallest absolute Gasteiger partial charge is 0.0404 e. The Hall–Kier alpha value is -4.32. The Morgan fingerprint density at radius 2 is 1.85 bits per heavy atom. The topological polar surface area (TPSA) is 12.0 Å². The van der Waals surface area contributed by atoms with Crippen LogP contribution in [0, 0.1) is 12.3 Å². The van der Waals surface area contributed by atoms with Crippen LogP contribution in [0.2, 0.25) is 0 Å². The van der Waals surface area contributed by atoms with Crippen LogP contribution in [-0.4, -0.2) is 7.05 Å². The quantitative estimate of drug-likeness (QED) is 0.165. The highest BCUT2D eigenvalue weighted by Gasteiger charge is 2.14. The fourth-order valence-corrected chi connectivity index (χ4v) is 6.57. The third-order valence-corrected chi connectivity index (χ3v) is 8.74. The second kappa shape index (κ2) is 12.7. The van der Waals surface area contributed by atoms with E-state index in [-0.39, 0.29) is 0 Å². The first kappa shape index (κ1) is 27.3. The van der Waals surface area contributed by atoms with Crippen LogP contribution < -0.4 is 5.32 Å². The van der Waals surface area contributed by atoms with Crippen LogP contribution in [0.4, 0.5) is 0 Å². The number of rotatable bonds is 9. The van der Waals surface area contributed by atoms with Crippen molar-refractivity contribution in [3.05, 3.63) is 142 Å². The molecule has 0 bridgehead atoms. The van der Waals surface area contributed by atoms with Gasteiger partial charge in [-0.15, -0.1) is 17.8 Å². The SMILES string of the molecule is C#C/C(C1=C(NC)CCC=C1)=C(\C=C/Cc1ccccc1CC)/C=C\c1c(C=C)sc2ccc3ccccc3c12. The van der Waals surface area contributed by atoms with Gasteiger partial charge in [-0.1, -0.05) is 117 Å². The van der Waals surface area contributed by atoms with Crippen LogP contribution in [0.1, 0.15) is 41.3 Å². The fraction of sp³-hybridized carbons (Fsp3) is 0.158. The molecule has 1 nitrogen and oxygen atoms in total. The van der Waals surface area contributed by atoms with Gasteiger partial charge in [-0.05, 0) is 59.2 Å². The predicted octanol–water partition coefficient (Wildman–Crippen LogP) is 9.83. The largest absolute Gasteiger partial charge is 0.391 e. The summed E-state index contributed by atoms with van der Waals surface area (Å²) in [7, 11) is 1.98. The highest BCUT2D eigenvalue weighted by atomic mass is 32.1. The fourth-order valence-electron chi connectivity index (χ4n) is 5.51. The van der Waals surface area contributed by atoms with Crippen molar-refractivity contribution in [2.75, 3.05) is 7.05 Å². The molecule has 0 atom stereocenters. The lowest BCUT2D eigenvalue weighted by Gasteiger charge is -2.17. The first-order chi connectivity index (χ1) is 19.7. The number of fused-ring (bicyclic) bond motifs is 3. The van der Waals surface area contributed by atoms with E-state index in [0.29, 0.717) is 0 Å². The summed E-state index contributed by atoms with van der Waals surface area (Å²) in [6.07, 6.45) is 25.3. The van der Waals surface area contributed by atoms with E-state index < -0.39 is 0 Å². The van der Waals surface area contributed by atoms with Gasteiger partial charge in [0.05, 0.1) is 0 Å². The Morgan fingerprint density at radius 3 is 2.62 bits per heavy atom. The minimum atomic E-state index is 0.858. The molecule has 3 aromatic carbocycles. The average Bonchev–Trinajstić information content (AvgIpc) is 3.38. The van der Waals surface area contributed by atoms with Crippen molar-refractivity contribution in [1.29, 1.82) is 0 Å². The van der Waals surface area contributed by atoms with Crippen molar-refractivity contribution in [3.63, 3.8) is 0 Å². The Balaban J connectivity index is 1.66. The van der Waals surface area contributed by atoms with E-state index in [0.717, 1.165) is 47.3 Å². The summed E-state index contributed by atoms with van der Waals surface area (Å²) in [4.78, 5) is 1.16. The lowest BCUT2D eigenvalue weighted by molar-refractivity contribution is 0.828. The minimum Gasteiger partial charge on any atom is -0.391 e. The molecule has 0 unspecified atom stereocenters. The molecule has 198 valence electrons. The van der Waals surface area contributed by atoms with E-state index in [1.807, 2.05) is 13.1 Å². The van der Waals surface area contributed by atoms with Crippen molar-refractivity contribution in [2.24, 2.45) is 0 Å². The van der Waals surface area contributed by atoms with E-state index in [1.54, 1.807) is 11.3 Å². The molecule has 0 radical (unpaired) electrons. The molecule has 1 heterocycles. The average molecular weight is 538 g/mol. The molecule has 0 fully saturated rings. The number of terminal acetylenes is 1. The van der Waals surface area contributed by atoms with Crippen LogP contribution in [-0.2, 0) is 12.8 Å². The number of hydrogen-bond donors (Lipinski definition) is 1. The van der Waals surface area contributed by atoms with Crippen LogP contribution in [0.5, 0.6) is 0 Å². The van der Waals surface area contributed by atoms with Crippen molar-refractivity contribution < 1.29 is 0 Å². The standard InChI is InChI=1S/C38H35NS/c1-5-27-15-8-9-16-28(27)18-14-19-29(31(6-2)33-21-12-13-22-35(33)39-4)23-25-34-36(7-3)40-37-26-24-30-17-10-11-20-32(30)38(34)37/h2,7-12,14-17,19-21,23-26,39H,3,5,13,18,22H2,1,4H3/b19-14-,25-23-,31-29-. The Kier molecular flexibility index (Phi) is 8.65. The molecule has 5 rings (SSSR count). The number of nitrogens with one attached hydrogen (secondary N) is 1. The number of aryl methyl sites for hydroxylation is 1. The zero-order valence-electron chi connectivity index (χ0n) is 23.3. The summed E-state index contributed by atoms with van der Waals surface area (Å²) in [5.41, 5.74) is 8.13. The Morgan fingerprint density at radius 1 is 1.05 bits per heavy atom. The molecule has 0 saturated heterocycles. The number of thiophene rings is 1. The predicted molar refractivity (Wildman–Crippen MR) is 177 cm³/mol. The Labute approximate surface area is 242 Å². The van der Waals surface area contributed by atoms with E-state index in [4.69, 9.17) is 6.42 Å². The van der Waals surface area contributed by atoms with Crippen molar-refractivity contribution in [1.82, 2.24) is 5.32 Å². The maximum absolute atomic E-state index is 6.23. The maximum atomic E-state index is 6.23. The van der Waals surface area contributed by atoms with Crippen molar-refractivity contribution in [3.8, 4) is 12.3 Å². The second-order valence-electron chi connectivity index (χ2n) is 9.86. The van der Waals surface area contributed by atoms with Gasteiger partial charge >= 0.3 is 0 Å². The zero-order chi connectivity index (χ0) is 27.9. The Bertz CT molecular complexity index is 1760. The number of benzene rings is 3. The zero-order valence-corrected chi connectivity index (χ0v) is 24.2. The molecular weight excluding hydrogens is 502 g/mol. The molecular formula is C38H35NS. The van der Waals surface area contributed by atoms with Crippen LogP contribution in [0.3, 0.4) is 0 Å². The summed E-state index contributed by atoms with van der Waals surface area (Å²) in [5, 5.41) is 7.16. The summed E-state index contributed by atoms with van der Waals surface area (Å²) < 4.78 is 1.26. The maximum Gasteiger partial charge on any atom is 0.0404 e. The van der Waals surface area contributed by atoms with E-state index in [1.165, 1.54) is 43.2 Å². The molecule has 4 aromatic rings. The molecule has 40 heavy (non-hydrogen) atoms. The lowest BCUT2D eigenvalue weighted by atomic mass is 9.92. The first-order valence-corrected chi connectivity index (χ1v) is 14.8. The van der Waals surface area contributed by atoms with Crippen LogP contribution in [0.25, 0.3) is 33.0 Å². The minimum absolute atomic E-state index is 0.858. The monoisotopic (exact) mass is 537 g/mol. The summed E-state index contributed by atoms with van der Waals surface area (Å²) in [6, 6.07) is 21.7. The van der Waals surface area contributed by atoms with Gasteiger partial charge in [0.1, 0.15) is 0 Å². The van der Waals surface area contributed by atoms with Crippen molar-refractivity contribution >= 4 is 44.3 Å². The molecule has 0 amide bonds. The number of allylic oxidation sites excluding steroid dienone is 9. The molecule has 1 aromatic heterocycles. The van der Waals surface area contributed by atoms with Gasteiger partial charge in [0, 0.05) is 44.4 Å². The van der Waals surface area contributed by atoms with E-state index in [9.17, 15) is 0 Å². The van der Waals surface area contributed by atoms with Gasteiger partial charge in [-0.2, -0.15) is 0 Å². The van der Waals surface area contributed by atoms with Gasteiger partial charge in [0.2, 0.25) is 0 Å². The lowest BCUT2D eigenvalue weighted by Crippen LogP contribution is -2.12. The van der Waals surface area contributed by atoms with E-state index in [2.05, 4.69) is 122 Å². The van der Waals surface area contributed by atoms with Gasteiger partial charge < -0.3 is 5.32 Å². The molecule has 0 aliphatic heterocycles. The molecule has 1 N–H and O–H groups in total. The number of hydrogen-bond acceptors (Lipinski definition) is 2. The van der Waals surface area contributed by atoms with E-state index >= 15 is 0 Å². The van der Waals surface area contributed by atoms with Gasteiger partial charge in [-0.25, -0.2) is 0 Å². The van der Waals surface area contributed by atoms with Gasteiger partial charge in [-0.3, -0.25) is 0 Å². The third kappa shape index (κ3) is 5.53. The van der Waals surface area contributed by atoms with Crippen molar-refractivity contribution in [2.45, 2.75) is 32.6 Å². The molecule has 2 heteroatoms. The van der Waals surface area contributed by atoms with Gasteiger partial charge in [0.25, 0.3) is 0 Å². The molecule has 1 aliphatic rings.